The molecule has 0 unspecified atom stereocenters. The van der Waals surface area contributed by atoms with Gasteiger partial charge in [0.05, 0.1) is 7.11 Å². The number of ketones is 1. The van der Waals surface area contributed by atoms with Crippen LogP contribution >= 0.6 is 0 Å². The molecule has 0 saturated heterocycles. The maximum absolute atomic E-state index is 12.3. The first-order valence-electron chi connectivity index (χ1n) is 7.39. The van der Waals surface area contributed by atoms with Crippen LogP contribution in [-0.2, 0) is 4.79 Å². The van der Waals surface area contributed by atoms with E-state index >= 15 is 0 Å². The van der Waals surface area contributed by atoms with Gasteiger partial charge in [-0.05, 0) is 73.2 Å². The monoisotopic (exact) mass is 294 g/mol. The fraction of sp³-hybridized carbons (Fsp3) is 0.250. The number of rotatable bonds is 3. The molecule has 0 saturated carbocycles. The first kappa shape index (κ1) is 16.0. The van der Waals surface area contributed by atoms with E-state index in [1.807, 2.05) is 39.0 Å². The second kappa shape index (κ2) is 6.61. The molecule has 0 atom stereocenters. The smallest absolute Gasteiger partial charge is 0.186 e. The fourth-order valence-electron chi connectivity index (χ4n) is 2.82. The molecule has 0 aliphatic heterocycles. The van der Waals surface area contributed by atoms with Gasteiger partial charge in [0, 0.05) is 5.57 Å². The molecule has 0 fully saturated rings. The van der Waals surface area contributed by atoms with E-state index in [0.717, 1.165) is 33.6 Å². The maximum Gasteiger partial charge on any atom is 0.186 e. The van der Waals surface area contributed by atoms with Crippen molar-refractivity contribution in [3.05, 3.63) is 70.9 Å². The number of methoxy groups -OCH3 is 1. The number of allylic oxidation sites excluding steroid dienone is 7. The van der Waals surface area contributed by atoms with Crippen LogP contribution in [0.25, 0.3) is 5.57 Å². The molecule has 22 heavy (non-hydrogen) atoms. The molecule has 1 aliphatic carbocycles. The zero-order valence-electron chi connectivity index (χ0n) is 13.7. The molecule has 0 amide bonds. The number of aryl methyl sites for hydroxylation is 2. The minimum atomic E-state index is 0.0236. The Kier molecular flexibility index (Phi) is 4.81. The van der Waals surface area contributed by atoms with Crippen LogP contribution in [0.4, 0.5) is 0 Å². The van der Waals surface area contributed by atoms with Crippen LogP contribution in [0.15, 0.2) is 54.2 Å². The van der Waals surface area contributed by atoms with Gasteiger partial charge in [0.1, 0.15) is 5.75 Å². The van der Waals surface area contributed by atoms with E-state index in [9.17, 15) is 4.79 Å². The Hall–Kier alpha value is -2.35. The third-order valence-electron chi connectivity index (χ3n) is 3.85. The number of benzene rings is 1. The Balaban J connectivity index is 2.43. The molecular formula is C20H22O2. The number of hydrogen-bond acceptors (Lipinski definition) is 2. The van der Waals surface area contributed by atoms with Crippen molar-refractivity contribution in [1.82, 2.24) is 0 Å². The summed E-state index contributed by atoms with van der Waals surface area (Å²) in [6, 6.07) is 4.14. The number of carbonyl (C=O) groups excluding carboxylic acids is 1. The highest BCUT2D eigenvalue weighted by molar-refractivity contribution is 6.13. The van der Waals surface area contributed by atoms with Gasteiger partial charge in [-0.15, -0.1) is 0 Å². The van der Waals surface area contributed by atoms with Gasteiger partial charge in [-0.25, -0.2) is 0 Å². The molecule has 0 bridgehead atoms. The Morgan fingerprint density at radius 1 is 1.23 bits per heavy atom. The van der Waals surface area contributed by atoms with Crippen LogP contribution in [-0.4, -0.2) is 12.9 Å². The maximum atomic E-state index is 12.3. The second-order valence-corrected chi connectivity index (χ2v) is 5.56. The highest BCUT2D eigenvalue weighted by Crippen LogP contribution is 2.34. The van der Waals surface area contributed by atoms with Crippen molar-refractivity contribution in [2.24, 2.45) is 0 Å². The lowest BCUT2D eigenvalue weighted by molar-refractivity contribution is -0.111. The third kappa shape index (κ3) is 3.11. The minimum absolute atomic E-state index is 0.0236. The molecule has 0 N–H and O–H groups in total. The van der Waals surface area contributed by atoms with Gasteiger partial charge >= 0.3 is 0 Å². The summed E-state index contributed by atoms with van der Waals surface area (Å²) in [5, 5.41) is 0. The topological polar surface area (TPSA) is 26.3 Å². The average molecular weight is 294 g/mol. The van der Waals surface area contributed by atoms with Crippen LogP contribution < -0.4 is 4.74 Å². The van der Waals surface area contributed by atoms with Crippen molar-refractivity contribution < 1.29 is 9.53 Å². The van der Waals surface area contributed by atoms with Crippen LogP contribution in [0, 0.1) is 13.8 Å². The van der Waals surface area contributed by atoms with Crippen molar-refractivity contribution in [1.29, 1.82) is 0 Å². The quantitative estimate of drug-likeness (QED) is 0.753. The lowest BCUT2D eigenvalue weighted by atomic mass is 9.85. The SMILES string of the molecule is C=C1CC(c2cc(C)c(OC)c(C)c2)=CC(=O)/C1=C/C=C\C. The molecule has 1 aromatic rings. The van der Waals surface area contributed by atoms with Gasteiger partial charge in [-0.2, -0.15) is 0 Å². The average Bonchev–Trinajstić information content (AvgIpc) is 2.46. The molecule has 0 spiro atoms. The first-order valence-corrected chi connectivity index (χ1v) is 7.39. The van der Waals surface area contributed by atoms with Gasteiger partial charge < -0.3 is 4.74 Å². The second-order valence-electron chi connectivity index (χ2n) is 5.56. The molecule has 2 heteroatoms. The van der Waals surface area contributed by atoms with Gasteiger partial charge in [0.25, 0.3) is 0 Å². The van der Waals surface area contributed by atoms with Gasteiger partial charge in [0.15, 0.2) is 5.78 Å². The molecule has 0 radical (unpaired) electrons. The Labute approximate surface area is 132 Å². The van der Waals surface area contributed by atoms with E-state index < -0.39 is 0 Å². The van der Waals surface area contributed by atoms with E-state index in [1.165, 1.54) is 0 Å². The van der Waals surface area contributed by atoms with E-state index in [0.29, 0.717) is 12.0 Å². The highest BCUT2D eigenvalue weighted by atomic mass is 16.5. The summed E-state index contributed by atoms with van der Waals surface area (Å²) in [5.41, 5.74) is 5.80. The van der Waals surface area contributed by atoms with Crippen LogP contribution in [0.1, 0.15) is 30.0 Å². The van der Waals surface area contributed by atoms with E-state index in [4.69, 9.17) is 4.74 Å². The molecule has 1 aromatic carbocycles. The normalized spacial score (nSPS) is 17.3. The Bertz CT molecular complexity index is 692. The molecular weight excluding hydrogens is 272 g/mol. The highest BCUT2D eigenvalue weighted by Gasteiger charge is 2.20. The first-order chi connectivity index (χ1) is 10.5. The largest absolute Gasteiger partial charge is 0.496 e. The summed E-state index contributed by atoms with van der Waals surface area (Å²) in [7, 11) is 1.68. The summed E-state index contributed by atoms with van der Waals surface area (Å²) in [4.78, 5) is 12.3. The van der Waals surface area contributed by atoms with E-state index in [1.54, 1.807) is 13.2 Å². The summed E-state index contributed by atoms with van der Waals surface area (Å²) in [5.74, 6) is 0.925. The standard InChI is InChI=1S/C20H22O2/c1-6-7-8-18-13(2)9-17(12-19(18)21)16-10-14(3)20(22-5)15(4)11-16/h6-8,10-12H,2,9H2,1,3-5H3/b7-6-,18-8+. The van der Waals surface area contributed by atoms with E-state index in [-0.39, 0.29) is 5.78 Å². The van der Waals surface area contributed by atoms with Crippen molar-refractivity contribution in [3.8, 4) is 5.75 Å². The fourth-order valence-corrected chi connectivity index (χ4v) is 2.82. The summed E-state index contributed by atoms with van der Waals surface area (Å²) < 4.78 is 5.40. The number of hydrogen-bond donors (Lipinski definition) is 0. The van der Waals surface area contributed by atoms with Gasteiger partial charge in [-0.3, -0.25) is 4.79 Å². The number of ether oxygens (including phenoxy) is 1. The summed E-state index contributed by atoms with van der Waals surface area (Å²) in [6.45, 7) is 10.0. The van der Waals surface area contributed by atoms with Gasteiger partial charge in [-0.1, -0.05) is 24.8 Å². The van der Waals surface area contributed by atoms with Crippen molar-refractivity contribution in [2.45, 2.75) is 27.2 Å². The lowest BCUT2D eigenvalue weighted by Gasteiger charge is -2.19. The molecule has 0 aromatic heterocycles. The molecule has 2 rings (SSSR count). The van der Waals surface area contributed by atoms with Crippen molar-refractivity contribution in [3.63, 3.8) is 0 Å². The van der Waals surface area contributed by atoms with Crippen molar-refractivity contribution >= 4 is 11.4 Å². The number of carbonyl (C=O) groups is 1. The Morgan fingerprint density at radius 2 is 1.86 bits per heavy atom. The summed E-state index contributed by atoms with van der Waals surface area (Å²) in [6.07, 6.45) is 8.04. The lowest BCUT2D eigenvalue weighted by Crippen LogP contribution is -2.09. The third-order valence-corrected chi connectivity index (χ3v) is 3.85. The predicted molar refractivity (Wildman–Crippen MR) is 92.1 cm³/mol. The molecule has 2 nitrogen and oxygen atoms in total. The zero-order valence-corrected chi connectivity index (χ0v) is 13.7. The Morgan fingerprint density at radius 3 is 2.36 bits per heavy atom. The predicted octanol–water partition coefficient (Wildman–Crippen LogP) is 4.73. The minimum Gasteiger partial charge on any atom is -0.496 e. The molecule has 1 aliphatic rings. The van der Waals surface area contributed by atoms with Crippen LogP contribution in [0.3, 0.4) is 0 Å². The van der Waals surface area contributed by atoms with Crippen LogP contribution in [0.2, 0.25) is 0 Å². The van der Waals surface area contributed by atoms with Crippen LogP contribution in [0.5, 0.6) is 5.75 Å². The summed E-state index contributed by atoms with van der Waals surface area (Å²) >= 11 is 0. The van der Waals surface area contributed by atoms with E-state index in [2.05, 4.69) is 18.7 Å². The van der Waals surface area contributed by atoms with Gasteiger partial charge in [0.2, 0.25) is 0 Å². The van der Waals surface area contributed by atoms with Crippen molar-refractivity contribution in [2.75, 3.05) is 7.11 Å². The molecule has 0 heterocycles. The molecule has 114 valence electrons. The zero-order chi connectivity index (χ0) is 16.3.